The first-order chi connectivity index (χ1) is 15.2. The lowest BCUT2D eigenvalue weighted by Gasteiger charge is -2.20. The van der Waals surface area contributed by atoms with Gasteiger partial charge in [0.05, 0.1) is 11.1 Å². The summed E-state index contributed by atoms with van der Waals surface area (Å²) in [5, 5.41) is 3.98. The molecule has 0 radical (unpaired) electrons. The second-order valence-corrected chi connectivity index (χ2v) is 7.65. The molecule has 0 bridgehead atoms. The number of nitrogens with zero attached hydrogens (tertiary/aromatic N) is 3. The molecule has 0 fully saturated rings. The van der Waals surface area contributed by atoms with Crippen molar-refractivity contribution in [1.29, 1.82) is 0 Å². The fourth-order valence-corrected chi connectivity index (χ4v) is 3.86. The van der Waals surface area contributed by atoms with Gasteiger partial charge >= 0.3 is 5.97 Å². The van der Waals surface area contributed by atoms with Gasteiger partial charge in [-0.2, -0.15) is 0 Å². The third-order valence-corrected chi connectivity index (χ3v) is 5.48. The molecule has 3 aromatic rings. The summed E-state index contributed by atoms with van der Waals surface area (Å²) in [5.41, 5.74) is 2.26. The number of esters is 1. The Balaban J connectivity index is 1.45. The van der Waals surface area contributed by atoms with Crippen LogP contribution >= 0.6 is 0 Å². The first kappa shape index (κ1) is 21.2. The van der Waals surface area contributed by atoms with Crippen molar-refractivity contribution in [3.8, 4) is 5.82 Å². The van der Waals surface area contributed by atoms with E-state index in [0.717, 1.165) is 10.6 Å². The number of Topliss-reactive ketones (excluding diaryl/α,β-unsaturated/α-hetero) is 1. The van der Waals surface area contributed by atoms with Gasteiger partial charge in [0, 0.05) is 23.0 Å². The number of hydrogen-bond donors (Lipinski definition) is 0. The molecule has 0 aliphatic carbocycles. The van der Waals surface area contributed by atoms with E-state index in [4.69, 9.17) is 9.26 Å². The number of aryl methyl sites for hydroxylation is 2. The summed E-state index contributed by atoms with van der Waals surface area (Å²) in [4.78, 5) is 51.2. The number of rotatable bonds is 6. The van der Waals surface area contributed by atoms with Gasteiger partial charge in [0.1, 0.15) is 11.8 Å². The quantitative estimate of drug-likeness (QED) is 0.332. The van der Waals surface area contributed by atoms with E-state index in [-0.39, 0.29) is 11.1 Å². The Hall–Kier alpha value is -4.01. The highest BCUT2D eigenvalue weighted by atomic mass is 16.5. The molecule has 0 N–H and O–H groups in total. The summed E-state index contributed by atoms with van der Waals surface area (Å²) in [7, 11) is 0. The molecule has 3 heterocycles. The number of hydrogen-bond acceptors (Lipinski definition) is 7. The number of ether oxygens (including phenoxy) is 1. The minimum Gasteiger partial charge on any atom is -0.456 e. The third kappa shape index (κ3) is 3.41. The van der Waals surface area contributed by atoms with Gasteiger partial charge in [-0.1, -0.05) is 17.3 Å². The molecule has 9 nitrogen and oxygen atoms in total. The molecule has 4 rings (SSSR count). The maximum absolute atomic E-state index is 12.7. The average molecular weight is 435 g/mol. The van der Waals surface area contributed by atoms with E-state index in [1.165, 1.54) is 19.1 Å². The van der Waals surface area contributed by atoms with E-state index in [2.05, 4.69) is 5.16 Å². The molecule has 9 heteroatoms. The van der Waals surface area contributed by atoms with Gasteiger partial charge in [-0.15, -0.1) is 0 Å². The number of aromatic nitrogens is 2. The first-order valence-corrected chi connectivity index (χ1v) is 10.00. The molecule has 0 unspecified atom stereocenters. The van der Waals surface area contributed by atoms with Crippen molar-refractivity contribution in [2.45, 2.75) is 33.7 Å². The van der Waals surface area contributed by atoms with Crippen LogP contribution in [0.4, 0.5) is 0 Å². The Labute approximate surface area is 183 Å². The van der Waals surface area contributed by atoms with Crippen LogP contribution in [0.15, 0.2) is 40.9 Å². The lowest BCUT2D eigenvalue weighted by Crippen LogP contribution is -2.44. The van der Waals surface area contributed by atoms with Crippen molar-refractivity contribution < 1.29 is 28.4 Å². The number of carbonyl (C=O) groups is 4. The van der Waals surface area contributed by atoms with E-state index in [0.29, 0.717) is 22.8 Å². The third-order valence-electron chi connectivity index (χ3n) is 5.48. The minimum absolute atomic E-state index is 0.240. The highest BCUT2D eigenvalue weighted by molar-refractivity contribution is 6.22. The van der Waals surface area contributed by atoms with Gasteiger partial charge in [0.15, 0.2) is 12.4 Å². The van der Waals surface area contributed by atoms with Gasteiger partial charge < -0.3 is 9.26 Å². The van der Waals surface area contributed by atoms with Crippen molar-refractivity contribution in [2.75, 3.05) is 6.61 Å². The van der Waals surface area contributed by atoms with Crippen molar-refractivity contribution in [2.24, 2.45) is 0 Å². The molecule has 1 atom stereocenters. The van der Waals surface area contributed by atoms with Crippen LogP contribution in [0.25, 0.3) is 5.82 Å². The SMILES string of the molecule is Cc1cc(-n2c(C)cc(C(=O)COC(=O)[C@H](C)N3C(=O)c4ccccc4C3=O)c2C)no1. The van der Waals surface area contributed by atoms with Gasteiger partial charge in [-0.25, -0.2) is 4.79 Å². The Bertz CT molecular complexity index is 1230. The predicted molar refractivity (Wildman–Crippen MR) is 112 cm³/mol. The molecule has 1 aliphatic heterocycles. The standard InChI is InChI=1S/C23H21N3O6/c1-12-9-18(14(3)25(12)20-10-13(2)32-24-20)19(27)11-31-23(30)15(4)26-21(28)16-7-5-6-8-17(16)22(26)29/h5-10,15H,11H2,1-4H3/t15-/m0/s1. The summed E-state index contributed by atoms with van der Waals surface area (Å²) in [6.07, 6.45) is 0. The smallest absolute Gasteiger partial charge is 0.329 e. The maximum Gasteiger partial charge on any atom is 0.329 e. The predicted octanol–water partition coefficient (Wildman–Crippen LogP) is 2.80. The van der Waals surface area contributed by atoms with Crippen molar-refractivity contribution in [3.05, 3.63) is 70.2 Å². The Kier molecular flexibility index (Phi) is 5.25. The highest BCUT2D eigenvalue weighted by Crippen LogP contribution is 2.25. The molecular weight excluding hydrogens is 414 g/mol. The zero-order chi connectivity index (χ0) is 23.2. The van der Waals surface area contributed by atoms with Gasteiger partial charge in [0.25, 0.3) is 11.8 Å². The number of ketones is 1. The van der Waals surface area contributed by atoms with E-state index >= 15 is 0 Å². The van der Waals surface area contributed by atoms with Crippen LogP contribution < -0.4 is 0 Å². The Morgan fingerprint density at radius 1 is 1.06 bits per heavy atom. The molecule has 0 spiro atoms. The van der Waals surface area contributed by atoms with Crippen molar-refractivity contribution in [1.82, 2.24) is 14.6 Å². The summed E-state index contributed by atoms with van der Waals surface area (Å²) in [6, 6.07) is 8.62. The van der Waals surface area contributed by atoms with E-state index in [9.17, 15) is 19.2 Å². The molecule has 0 saturated carbocycles. The topological polar surface area (TPSA) is 112 Å². The van der Waals surface area contributed by atoms with Crippen LogP contribution in [0.3, 0.4) is 0 Å². The van der Waals surface area contributed by atoms with E-state index in [1.807, 2.05) is 6.92 Å². The number of fused-ring (bicyclic) bond motifs is 1. The fourth-order valence-electron chi connectivity index (χ4n) is 3.86. The van der Waals surface area contributed by atoms with Crippen LogP contribution in [0.1, 0.15) is 55.1 Å². The highest BCUT2D eigenvalue weighted by Gasteiger charge is 2.41. The zero-order valence-corrected chi connectivity index (χ0v) is 18.0. The number of benzene rings is 1. The Morgan fingerprint density at radius 3 is 2.25 bits per heavy atom. The summed E-state index contributed by atoms with van der Waals surface area (Å²) in [5.74, 6) is -1.19. The monoisotopic (exact) mass is 435 g/mol. The normalized spacial score (nSPS) is 13.9. The van der Waals surface area contributed by atoms with Crippen LogP contribution in [-0.2, 0) is 9.53 Å². The van der Waals surface area contributed by atoms with Crippen LogP contribution in [0.2, 0.25) is 0 Å². The molecular formula is C23H21N3O6. The molecule has 164 valence electrons. The maximum atomic E-state index is 12.7. The van der Waals surface area contributed by atoms with Gasteiger partial charge in [-0.05, 0) is 45.9 Å². The molecule has 0 saturated heterocycles. The molecule has 32 heavy (non-hydrogen) atoms. The van der Waals surface area contributed by atoms with E-state index in [1.54, 1.807) is 42.7 Å². The number of carbonyl (C=O) groups excluding carboxylic acids is 4. The second kappa shape index (κ2) is 7.92. The lowest BCUT2D eigenvalue weighted by molar-refractivity contribution is -0.146. The summed E-state index contributed by atoms with van der Waals surface area (Å²) < 4.78 is 12.0. The number of imide groups is 1. The van der Waals surface area contributed by atoms with Crippen LogP contribution in [0, 0.1) is 20.8 Å². The average Bonchev–Trinajstić information content (AvgIpc) is 3.40. The molecule has 1 aliphatic rings. The minimum atomic E-state index is -1.17. The first-order valence-electron chi connectivity index (χ1n) is 10.00. The van der Waals surface area contributed by atoms with Gasteiger partial charge in [-0.3, -0.25) is 23.9 Å². The molecule has 1 aromatic carbocycles. The van der Waals surface area contributed by atoms with E-state index < -0.39 is 36.2 Å². The fraction of sp³-hybridized carbons (Fsp3) is 0.261. The van der Waals surface area contributed by atoms with Crippen molar-refractivity contribution >= 4 is 23.6 Å². The zero-order valence-electron chi connectivity index (χ0n) is 18.0. The second-order valence-electron chi connectivity index (χ2n) is 7.65. The van der Waals surface area contributed by atoms with Crippen molar-refractivity contribution in [3.63, 3.8) is 0 Å². The van der Waals surface area contributed by atoms with Gasteiger partial charge in [0.2, 0.25) is 5.78 Å². The molecule has 2 aromatic heterocycles. The summed E-state index contributed by atoms with van der Waals surface area (Å²) >= 11 is 0. The Morgan fingerprint density at radius 2 is 1.69 bits per heavy atom. The number of amides is 2. The lowest BCUT2D eigenvalue weighted by atomic mass is 10.1. The van der Waals surface area contributed by atoms with Crippen LogP contribution in [-0.4, -0.2) is 50.8 Å². The van der Waals surface area contributed by atoms with Crippen LogP contribution in [0.5, 0.6) is 0 Å². The largest absolute Gasteiger partial charge is 0.456 e. The summed E-state index contributed by atoms with van der Waals surface area (Å²) in [6.45, 7) is 6.23. The molecule has 2 amide bonds.